The number of methoxy groups -OCH3 is 1. The third-order valence-electron chi connectivity index (χ3n) is 5.12. The van der Waals surface area contributed by atoms with Crippen LogP contribution in [0.3, 0.4) is 0 Å². The van der Waals surface area contributed by atoms with Crippen LogP contribution in [0.1, 0.15) is 49.7 Å². The maximum atomic E-state index is 14.4. The number of ether oxygens (including phenoxy) is 2. The lowest BCUT2D eigenvalue weighted by atomic mass is 9.78. The molecule has 1 aliphatic rings. The Morgan fingerprint density at radius 1 is 0.964 bits per heavy atom. The molecular formula is C23H23F3O2. The number of benzene rings is 2. The Kier molecular flexibility index (Phi) is 6.51. The molecule has 2 aromatic rings. The first-order valence-electron chi connectivity index (χ1n) is 9.49. The van der Waals surface area contributed by atoms with Gasteiger partial charge < -0.3 is 9.47 Å². The SMILES string of the molecule is CCOc1ccc(C2CCC(C#Cc3ccc(OC)c(F)c3)CC2)c(F)c1F. The zero-order chi connectivity index (χ0) is 20.1. The molecular weight excluding hydrogens is 365 g/mol. The van der Waals surface area contributed by atoms with Gasteiger partial charge in [-0.2, -0.15) is 4.39 Å². The van der Waals surface area contributed by atoms with E-state index in [-0.39, 0.29) is 29.9 Å². The van der Waals surface area contributed by atoms with Crippen molar-refractivity contribution in [3.05, 3.63) is 58.9 Å². The van der Waals surface area contributed by atoms with Gasteiger partial charge in [0.05, 0.1) is 13.7 Å². The van der Waals surface area contributed by atoms with Gasteiger partial charge in [0.15, 0.2) is 23.1 Å². The van der Waals surface area contributed by atoms with Gasteiger partial charge in [-0.3, -0.25) is 0 Å². The van der Waals surface area contributed by atoms with E-state index in [9.17, 15) is 13.2 Å². The predicted molar refractivity (Wildman–Crippen MR) is 102 cm³/mol. The van der Waals surface area contributed by atoms with Gasteiger partial charge in [0, 0.05) is 11.5 Å². The summed E-state index contributed by atoms with van der Waals surface area (Å²) in [5.41, 5.74) is 1.00. The molecule has 0 spiro atoms. The molecule has 3 rings (SSSR count). The molecule has 1 aliphatic carbocycles. The Labute approximate surface area is 163 Å². The molecule has 5 heteroatoms. The molecule has 0 bridgehead atoms. The van der Waals surface area contributed by atoms with Crippen molar-refractivity contribution in [3.8, 4) is 23.3 Å². The molecule has 0 N–H and O–H groups in total. The lowest BCUT2D eigenvalue weighted by Crippen LogP contribution is -2.14. The minimum Gasteiger partial charge on any atom is -0.494 e. The topological polar surface area (TPSA) is 18.5 Å². The number of hydrogen-bond acceptors (Lipinski definition) is 2. The van der Waals surface area contributed by atoms with Crippen LogP contribution < -0.4 is 9.47 Å². The van der Waals surface area contributed by atoms with Crippen molar-refractivity contribution in [1.29, 1.82) is 0 Å². The second-order valence-electron chi connectivity index (χ2n) is 6.88. The van der Waals surface area contributed by atoms with Crippen molar-refractivity contribution in [2.24, 2.45) is 5.92 Å². The zero-order valence-corrected chi connectivity index (χ0v) is 16.0. The van der Waals surface area contributed by atoms with E-state index in [2.05, 4.69) is 11.8 Å². The van der Waals surface area contributed by atoms with Crippen LogP contribution >= 0.6 is 0 Å². The van der Waals surface area contributed by atoms with Crippen LogP contribution in [0.15, 0.2) is 30.3 Å². The average Bonchev–Trinajstić information content (AvgIpc) is 2.71. The fraction of sp³-hybridized carbons (Fsp3) is 0.391. The summed E-state index contributed by atoms with van der Waals surface area (Å²) in [5.74, 6) is 4.31. The quantitative estimate of drug-likeness (QED) is 0.613. The predicted octanol–water partition coefficient (Wildman–Crippen LogP) is 5.84. The van der Waals surface area contributed by atoms with Gasteiger partial charge in [-0.1, -0.05) is 17.9 Å². The van der Waals surface area contributed by atoms with E-state index in [0.717, 1.165) is 25.7 Å². The van der Waals surface area contributed by atoms with Crippen LogP contribution in [0.5, 0.6) is 11.5 Å². The number of rotatable bonds is 4. The fourth-order valence-corrected chi connectivity index (χ4v) is 3.61. The summed E-state index contributed by atoms with van der Waals surface area (Å²) in [6.07, 6.45) is 3.07. The standard InChI is InChI=1S/C23H23F3O2/c1-3-28-21-13-11-18(22(25)23(21)26)17-9-6-15(7-10-17)4-5-16-8-12-20(27-2)19(24)14-16/h8,11-15,17H,3,6-7,9-10H2,1-2H3. The third-order valence-corrected chi connectivity index (χ3v) is 5.12. The van der Waals surface area contributed by atoms with E-state index in [4.69, 9.17) is 9.47 Å². The van der Waals surface area contributed by atoms with Crippen molar-refractivity contribution in [3.63, 3.8) is 0 Å². The molecule has 0 saturated heterocycles. The molecule has 0 heterocycles. The first-order chi connectivity index (χ1) is 13.5. The summed E-state index contributed by atoms with van der Waals surface area (Å²) < 4.78 is 52.3. The zero-order valence-electron chi connectivity index (χ0n) is 16.0. The van der Waals surface area contributed by atoms with Gasteiger partial charge in [-0.15, -0.1) is 0 Å². The molecule has 2 nitrogen and oxygen atoms in total. The fourth-order valence-electron chi connectivity index (χ4n) is 3.61. The first-order valence-corrected chi connectivity index (χ1v) is 9.49. The third kappa shape index (κ3) is 4.44. The van der Waals surface area contributed by atoms with Crippen LogP contribution in [-0.4, -0.2) is 13.7 Å². The highest BCUT2D eigenvalue weighted by Gasteiger charge is 2.26. The van der Waals surface area contributed by atoms with E-state index < -0.39 is 17.5 Å². The number of halogens is 3. The van der Waals surface area contributed by atoms with Gasteiger partial charge in [0.25, 0.3) is 0 Å². The van der Waals surface area contributed by atoms with Crippen LogP contribution in [0.25, 0.3) is 0 Å². The molecule has 0 radical (unpaired) electrons. The van der Waals surface area contributed by atoms with Crippen molar-refractivity contribution >= 4 is 0 Å². The second kappa shape index (κ2) is 9.05. The molecule has 2 aromatic carbocycles. The van der Waals surface area contributed by atoms with E-state index >= 15 is 0 Å². The Hall–Kier alpha value is -2.61. The molecule has 0 aromatic heterocycles. The highest BCUT2D eigenvalue weighted by molar-refractivity contribution is 5.40. The molecule has 0 atom stereocenters. The lowest BCUT2D eigenvalue weighted by Gasteiger charge is -2.26. The van der Waals surface area contributed by atoms with Gasteiger partial charge >= 0.3 is 0 Å². The van der Waals surface area contributed by atoms with Gasteiger partial charge in [0.1, 0.15) is 0 Å². The molecule has 0 amide bonds. The Morgan fingerprint density at radius 3 is 2.32 bits per heavy atom. The minimum absolute atomic E-state index is 0.0262. The van der Waals surface area contributed by atoms with Gasteiger partial charge in [0.2, 0.25) is 5.82 Å². The lowest BCUT2D eigenvalue weighted by molar-refractivity contribution is 0.310. The van der Waals surface area contributed by atoms with Crippen molar-refractivity contribution in [1.82, 2.24) is 0 Å². The summed E-state index contributed by atoms with van der Waals surface area (Å²) in [4.78, 5) is 0. The normalized spacial score (nSPS) is 18.9. The molecule has 1 saturated carbocycles. The molecule has 1 fully saturated rings. The maximum absolute atomic E-state index is 14.4. The Balaban J connectivity index is 1.64. The van der Waals surface area contributed by atoms with Crippen LogP contribution in [0.4, 0.5) is 13.2 Å². The molecule has 0 unspecified atom stereocenters. The van der Waals surface area contributed by atoms with E-state index in [1.54, 1.807) is 25.1 Å². The van der Waals surface area contributed by atoms with E-state index in [1.165, 1.54) is 19.2 Å². The minimum atomic E-state index is -0.914. The molecule has 148 valence electrons. The Bertz CT molecular complexity index is 891. The summed E-state index contributed by atoms with van der Waals surface area (Å²) in [6.45, 7) is 2.02. The summed E-state index contributed by atoms with van der Waals surface area (Å²) >= 11 is 0. The largest absolute Gasteiger partial charge is 0.494 e. The number of hydrogen-bond donors (Lipinski definition) is 0. The van der Waals surface area contributed by atoms with Crippen LogP contribution in [0.2, 0.25) is 0 Å². The smallest absolute Gasteiger partial charge is 0.200 e. The van der Waals surface area contributed by atoms with Crippen molar-refractivity contribution in [2.45, 2.75) is 38.5 Å². The first kappa shape index (κ1) is 20.1. The second-order valence-corrected chi connectivity index (χ2v) is 6.88. The maximum Gasteiger partial charge on any atom is 0.200 e. The van der Waals surface area contributed by atoms with E-state index in [1.807, 2.05) is 0 Å². The van der Waals surface area contributed by atoms with Gasteiger partial charge in [-0.05, 0) is 68.4 Å². The van der Waals surface area contributed by atoms with Gasteiger partial charge in [-0.25, -0.2) is 8.78 Å². The van der Waals surface area contributed by atoms with Crippen molar-refractivity contribution < 1.29 is 22.6 Å². The molecule has 0 aliphatic heterocycles. The van der Waals surface area contributed by atoms with Crippen molar-refractivity contribution in [2.75, 3.05) is 13.7 Å². The summed E-state index contributed by atoms with van der Waals surface area (Å²) in [7, 11) is 1.42. The summed E-state index contributed by atoms with van der Waals surface area (Å²) in [5, 5.41) is 0. The molecule has 28 heavy (non-hydrogen) atoms. The van der Waals surface area contributed by atoms with Crippen LogP contribution in [-0.2, 0) is 0 Å². The van der Waals surface area contributed by atoms with Crippen LogP contribution in [0, 0.1) is 35.2 Å². The average molecular weight is 388 g/mol. The monoisotopic (exact) mass is 388 g/mol. The summed E-state index contributed by atoms with van der Waals surface area (Å²) in [6, 6.07) is 7.76. The van der Waals surface area contributed by atoms with E-state index in [0.29, 0.717) is 11.1 Å². The highest BCUT2D eigenvalue weighted by atomic mass is 19.2. The Morgan fingerprint density at radius 2 is 1.68 bits per heavy atom. The highest BCUT2D eigenvalue weighted by Crippen LogP contribution is 2.38.